The van der Waals surface area contributed by atoms with Gasteiger partial charge in [-0.15, -0.1) is 0 Å². The smallest absolute Gasteiger partial charge is 0.316 e. The zero-order valence-electron chi connectivity index (χ0n) is 13.4. The standard InChI is InChI=1S/C17H21ClN4O/c1-3-22-16(8-9-19-22)15-5-4-10-21(15)17(23)20-13-7-6-12(2)14(18)11-13/h6-9,11,15H,3-5,10H2,1-2H3,(H,20,23). The van der Waals surface area contributed by atoms with Crippen LogP contribution in [0.4, 0.5) is 10.5 Å². The molecule has 0 spiro atoms. The summed E-state index contributed by atoms with van der Waals surface area (Å²) in [6.45, 7) is 5.56. The summed E-state index contributed by atoms with van der Waals surface area (Å²) in [6, 6.07) is 7.57. The lowest BCUT2D eigenvalue weighted by molar-refractivity contribution is 0.204. The molecule has 1 fully saturated rings. The van der Waals surface area contributed by atoms with Gasteiger partial charge in [-0.1, -0.05) is 17.7 Å². The highest BCUT2D eigenvalue weighted by atomic mass is 35.5. The molecule has 0 saturated carbocycles. The van der Waals surface area contributed by atoms with Crippen molar-refractivity contribution in [3.05, 3.63) is 46.7 Å². The molecular formula is C17H21ClN4O. The van der Waals surface area contributed by atoms with Gasteiger partial charge in [0.15, 0.2) is 0 Å². The van der Waals surface area contributed by atoms with Crippen molar-refractivity contribution in [2.75, 3.05) is 11.9 Å². The molecule has 3 rings (SSSR count). The molecule has 1 saturated heterocycles. The Morgan fingerprint density at radius 2 is 2.26 bits per heavy atom. The third-order valence-corrected chi connectivity index (χ3v) is 4.73. The van der Waals surface area contributed by atoms with Gasteiger partial charge in [0.25, 0.3) is 0 Å². The topological polar surface area (TPSA) is 50.2 Å². The lowest BCUT2D eigenvalue weighted by Gasteiger charge is -2.25. The summed E-state index contributed by atoms with van der Waals surface area (Å²) in [7, 11) is 0. The predicted molar refractivity (Wildman–Crippen MR) is 91.8 cm³/mol. The number of hydrogen-bond acceptors (Lipinski definition) is 2. The minimum absolute atomic E-state index is 0.0818. The van der Waals surface area contributed by atoms with Crippen LogP contribution >= 0.6 is 11.6 Å². The van der Waals surface area contributed by atoms with Crippen LogP contribution in [0.1, 0.15) is 37.1 Å². The van der Waals surface area contributed by atoms with Crippen LogP contribution in [0.2, 0.25) is 5.02 Å². The number of aryl methyl sites for hydroxylation is 2. The molecule has 2 aromatic rings. The highest BCUT2D eigenvalue weighted by molar-refractivity contribution is 6.31. The van der Waals surface area contributed by atoms with Crippen molar-refractivity contribution >= 4 is 23.3 Å². The Labute approximate surface area is 141 Å². The van der Waals surface area contributed by atoms with Gasteiger partial charge in [0.1, 0.15) is 0 Å². The Hall–Kier alpha value is -2.01. The van der Waals surface area contributed by atoms with E-state index in [0.29, 0.717) is 5.02 Å². The third-order valence-electron chi connectivity index (χ3n) is 4.33. The third kappa shape index (κ3) is 3.20. The molecular weight excluding hydrogens is 312 g/mol. The molecule has 2 heterocycles. The summed E-state index contributed by atoms with van der Waals surface area (Å²) in [5.74, 6) is 0. The first-order valence-corrected chi connectivity index (χ1v) is 8.33. The zero-order chi connectivity index (χ0) is 16.4. The lowest BCUT2D eigenvalue weighted by Crippen LogP contribution is -2.35. The van der Waals surface area contributed by atoms with Gasteiger partial charge < -0.3 is 10.2 Å². The van der Waals surface area contributed by atoms with E-state index in [4.69, 9.17) is 11.6 Å². The van der Waals surface area contributed by atoms with Gasteiger partial charge >= 0.3 is 6.03 Å². The minimum Gasteiger partial charge on any atom is -0.316 e. The van der Waals surface area contributed by atoms with Crippen molar-refractivity contribution in [1.29, 1.82) is 0 Å². The first-order chi connectivity index (χ1) is 11.1. The van der Waals surface area contributed by atoms with Crippen molar-refractivity contribution in [3.8, 4) is 0 Å². The number of aromatic nitrogens is 2. The number of rotatable bonds is 3. The molecule has 122 valence electrons. The SMILES string of the molecule is CCn1nccc1C1CCCN1C(=O)Nc1ccc(C)c(Cl)c1. The zero-order valence-corrected chi connectivity index (χ0v) is 14.2. The summed E-state index contributed by atoms with van der Waals surface area (Å²) in [5, 5.41) is 7.93. The van der Waals surface area contributed by atoms with E-state index in [1.165, 1.54) is 0 Å². The number of hydrogen-bond donors (Lipinski definition) is 1. The monoisotopic (exact) mass is 332 g/mol. The van der Waals surface area contributed by atoms with Crippen LogP contribution in [0.25, 0.3) is 0 Å². The van der Waals surface area contributed by atoms with Crippen molar-refractivity contribution in [3.63, 3.8) is 0 Å². The molecule has 1 unspecified atom stereocenters. The van der Waals surface area contributed by atoms with E-state index in [-0.39, 0.29) is 12.1 Å². The van der Waals surface area contributed by atoms with Gasteiger partial charge in [0, 0.05) is 30.0 Å². The number of carbonyl (C=O) groups excluding carboxylic acids is 1. The van der Waals surface area contributed by atoms with Crippen molar-refractivity contribution in [1.82, 2.24) is 14.7 Å². The summed E-state index contributed by atoms with van der Waals surface area (Å²) in [6.07, 6.45) is 3.77. The van der Waals surface area contributed by atoms with E-state index in [2.05, 4.69) is 17.3 Å². The molecule has 6 heteroatoms. The van der Waals surface area contributed by atoms with Gasteiger partial charge in [0.05, 0.1) is 11.7 Å². The first-order valence-electron chi connectivity index (χ1n) is 7.95. The molecule has 1 aromatic heterocycles. The average molecular weight is 333 g/mol. The maximum absolute atomic E-state index is 12.7. The molecule has 0 bridgehead atoms. The first kappa shape index (κ1) is 15.9. The van der Waals surface area contributed by atoms with E-state index in [9.17, 15) is 4.79 Å². The number of halogens is 1. The van der Waals surface area contributed by atoms with Crippen LogP contribution in [0.5, 0.6) is 0 Å². The Bertz CT molecular complexity index is 712. The number of benzene rings is 1. The van der Waals surface area contributed by atoms with Gasteiger partial charge in [-0.2, -0.15) is 5.10 Å². The molecule has 1 aliphatic heterocycles. The number of likely N-dealkylation sites (tertiary alicyclic amines) is 1. The Balaban J connectivity index is 1.77. The number of nitrogens with one attached hydrogen (secondary N) is 1. The molecule has 5 nitrogen and oxygen atoms in total. The van der Waals surface area contributed by atoms with E-state index in [1.807, 2.05) is 34.7 Å². The van der Waals surface area contributed by atoms with Crippen LogP contribution in [0.3, 0.4) is 0 Å². The molecule has 1 aliphatic rings. The fraction of sp³-hybridized carbons (Fsp3) is 0.412. The molecule has 2 amide bonds. The summed E-state index contributed by atoms with van der Waals surface area (Å²) < 4.78 is 1.96. The van der Waals surface area contributed by atoms with Crippen LogP contribution in [-0.4, -0.2) is 27.3 Å². The lowest BCUT2D eigenvalue weighted by atomic mass is 10.1. The molecule has 1 aromatic carbocycles. The molecule has 1 atom stereocenters. The van der Waals surface area contributed by atoms with E-state index >= 15 is 0 Å². The predicted octanol–water partition coefficient (Wildman–Crippen LogP) is 4.23. The average Bonchev–Trinajstić information content (AvgIpc) is 3.18. The second-order valence-electron chi connectivity index (χ2n) is 5.82. The summed E-state index contributed by atoms with van der Waals surface area (Å²) in [4.78, 5) is 14.5. The molecule has 0 radical (unpaired) electrons. The van der Waals surface area contributed by atoms with E-state index in [0.717, 1.165) is 42.9 Å². The number of nitrogens with zero attached hydrogens (tertiary/aromatic N) is 3. The van der Waals surface area contributed by atoms with E-state index in [1.54, 1.807) is 12.3 Å². The second-order valence-corrected chi connectivity index (χ2v) is 6.22. The largest absolute Gasteiger partial charge is 0.322 e. The van der Waals surface area contributed by atoms with Crippen molar-refractivity contribution < 1.29 is 4.79 Å². The number of carbonyl (C=O) groups is 1. The number of urea groups is 1. The Morgan fingerprint density at radius 1 is 1.43 bits per heavy atom. The van der Waals surface area contributed by atoms with Gasteiger partial charge in [0.2, 0.25) is 0 Å². The quantitative estimate of drug-likeness (QED) is 0.914. The molecule has 23 heavy (non-hydrogen) atoms. The highest BCUT2D eigenvalue weighted by Gasteiger charge is 2.32. The van der Waals surface area contributed by atoms with Crippen LogP contribution < -0.4 is 5.32 Å². The second kappa shape index (κ2) is 6.62. The van der Waals surface area contributed by atoms with Gasteiger partial charge in [-0.3, -0.25) is 4.68 Å². The van der Waals surface area contributed by atoms with Crippen LogP contribution in [-0.2, 0) is 6.54 Å². The van der Waals surface area contributed by atoms with E-state index < -0.39 is 0 Å². The highest BCUT2D eigenvalue weighted by Crippen LogP contribution is 2.32. The van der Waals surface area contributed by atoms with Gasteiger partial charge in [-0.25, -0.2) is 4.79 Å². The summed E-state index contributed by atoms with van der Waals surface area (Å²) >= 11 is 6.13. The molecule has 0 aliphatic carbocycles. The van der Waals surface area contributed by atoms with Crippen LogP contribution in [0.15, 0.2) is 30.5 Å². The summed E-state index contributed by atoms with van der Waals surface area (Å²) in [5.41, 5.74) is 2.82. The molecule has 1 N–H and O–H groups in total. The maximum atomic E-state index is 12.7. The number of anilines is 1. The number of amides is 2. The van der Waals surface area contributed by atoms with Crippen molar-refractivity contribution in [2.24, 2.45) is 0 Å². The minimum atomic E-state index is -0.0868. The maximum Gasteiger partial charge on any atom is 0.322 e. The fourth-order valence-electron chi connectivity index (χ4n) is 3.07. The van der Waals surface area contributed by atoms with Crippen molar-refractivity contribution in [2.45, 2.75) is 39.3 Å². The van der Waals surface area contributed by atoms with Crippen LogP contribution in [0, 0.1) is 6.92 Å². The van der Waals surface area contributed by atoms with Gasteiger partial charge in [-0.05, 0) is 50.5 Å². The fourth-order valence-corrected chi connectivity index (χ4v) is 3.25. The Morgan fingerprint density at radius 3 is 3.00 bits per heavy atom. The Kier molecular flexibility index (Phi) is 4.57. The normalized spacial score (nSPS) is 17.5.